The molecule has 5 aromatic rings. The van der Waals surface area contributed by atoms with Gasteiger partial charge < -0.3 is 4.57 Å². The lowest BCUT2D eigenvalue weighted by Crippen LogP contribution is -2.18. The molecule has 166 valence electrons. The predicted octanol–water partition coefficient (Wildman–Crippen LogP) is 5.89. The van der Waals surface area contributed by atoms with Crippen LogP contribution >= 0.6 is 34.7 Å². The molecule has 3 aromatic carbocycles. The molecule has 0 amide bonds. The van der Waals surface area contributed by atoms with Gasteiger partial charge in [0, 0.05) is 17.3 Å². The number of benzene rings is 3. The van der Waals surface area contributed by atoms with Crippen LogP contribution in [0.3, 0.4) is 0 Å². The molecule has 0 radical (unpaired) electrons. The number of thioether (sulfide) groups is 1. The zero-order valence-corrected chi connectivity index (χ0v) is 20.1. The third kappa shape index (κ3) is 4.90. The summed E-state index contributed by atoms with van der Waals surface area (Å²) < 4.78 is 4.89. The second-order valence-electron chi connectivity index (χ2n) is 7.59. The van der Waals surface area contributed by atoms with Crippen LogP contribution in [0, 0.1) is 0 Å². The lowest BCUT2D eigenvalue weighted by Gasteiger charge is -2.11. The van der Waals surface area contributed by atoms with Crippen molar-refractivity contribution in [3.8, 4) is 0 Å². The molecule has 0 atom stereocenters. The molecular formula is C25H21ClN4OS2. The highest BCUT2D eigenvalue weighted by Gasteiger charge is 2.16. The Balaban J connectivity index is 1.45. The van der Waals surface area contributed by atoms with Crippen LogP contribution in [-0.4, -0.2) is 19.3 Å². The second-order valence-corrected chi connectivity index (χ2v) is 9.93. The van der Waals surface area contributed by atoms with Crippen LogP contribution in [0.15, 0.2) is 88.8 Å². The molecule has 0 aliphatic rings. The number of hydrogen-bond acceptors (Lipinski definition) is 5. The van der Waals surface area contributed by atoms with Crippen molar-refractivity contribution in [1.29, 1.82) is 0 Å². The van der Waals surface area contributed by atoms with Crippen LogP contribution in [0.4, 0.5) is 0 Å². The Labute approximate surface area is 204 Å². The largest absolute Gasteiger partial charge is 0.308 e. The zero-order chi connectivity index (χ0) is 22.6. The van der Waals surface area contributed by atoms with Gasteiger partial charge in [-0.15, -0.1) is 10.2 Å². The van der Waals surface area contributed by atoms with Crippen molar-refractivity contribution in [2.75, 3.05) is 0 Å². The van der Waals surface area contributed by atoms with Gasteiger partial charge in [0.15, 0.2) is 11.0 Å². The summed E-state index contributed by atoms with van der Waals surface area (Å²) >= 11 is 9.22. The number of fused-ring (bicyclic) bond motifs is 1. The van der Waals surface area contributed by atoms with Gasteiger partial charge in [-0.2, -0.15) is 0 Å². The van der Waals surface area contributed by atoms with Gasteiger partial charge in [-0.3, -0.25) is 9.36 Å². The van der Waals surface area contributed by atoms with Gasteiger partial charge in [0.25, 0.3) is 0 Å². The number of para-hydroxylation sites is 1. The maximum Gasteiger partial charge on any atom is 0.308 e. The number of nitrogens with zero attached hydrogens (tertiary/aromatic N) is 4. The Morgan fingerprint density at radius 1 is 0.879 bits per heavy atom. The third-order valence-electron chi connectivity index (χ3n) is 5.45. The van der Waals surface area contributed by atoms with E-state index in [9.17, 15) is 4.79 Å². The summed E-state index contributed by atoms with van der Waals surface area (Å²) in [6.07, 6.45) is 0.852. The molecule has 2 aromatic heterocycles. The zero-order valence-electron chi connectivity index (χ0n) is 17.7. The van der Waals surface area contributed by atoms with Crippen LogP contribution in [0.1, 0.15) is 17.0 Å². The van der Waals surface area contributed by atoms with Crippen LogP contribution < -0.4 is 4.87 Å². The van der Waals surface area contributed by atoms with E-state index in [2.05, 4.69) is 26.9 Å². The maximum absolute atomic E-state index is 12.7. The first kappa shape index (κ1) is 21.9. The highest BCUT2D eigenvalue weighted by atomic mass is 35.5. The van der Waals surface area contributed by atoms with Crippen LogP contribution in [-0.2, 0) is 25.3 Å². The van der Waals surface area contributed by atoms with E-state index >= 15 is 0 Å². The number of halogens is 1. The van der Waals surface area contributed by atoms with Crippen molar-refractivity contribution in [3.63, 3.8) is 0 Å². The molecule has 0 aliphatic heterocycles. The van der Waals surface area contributed by atoms with Crippen LogP contribution in [0.5, 0.6) is 0 Å². The minimum atomic E-state index is 0.0130. The van der Waals surface area contributed by atoms with Crippen molar-refractivity contribution >= 4 is 44.9 Å². The van der Waals surface area contributed by atoms with E-state index in [0.29, 0.717) is 12.3 Å². The van der Waals surface area contributed by atoms with E-state index in [1.54, 1.807) is 16.3 Å². The van der Waals surface area contributed by atoms with E-state index in [4.69, 9.17) is 11.6 Å². The van der Waals surface area contributed by atoms with Crippen molar-refractivity contribution < 1.29 is 0 Å². The summed E-state index contributed by atoms with van der Waals surface area (Å²) in [5.41, 5.74) is 3.23. The molecule has 0 unspecified atom stereocenters. The maximum atomic E-state index is 12.7. The molecular weight excluding hydrogens is 472 g/mol. The molecule has 5 nitrogen and oxygen atoms in total. The predicted molar refractivity (Wildman–Crippen MR) is 136 cm³/mol. The van der Waals surface area contributed by atoms with Crippen molar-refractivity contribution in [1.82, 2.24) is 19.3 Å². The molecule has 0 bridgehead atoms. The fraction of sp³-hybridized carbons (Fsp3) is 0.160. The lowest BCUT2D eigenvalue weighted by atomic mass is 10.1. The van der Waals surface area contributed by atoms with E-state index in [1.807, 2.05) is 66.7 Å². The minimum Gasteiger partial charge on any atom is -0.304 e. The van der Waals surface area contributed by atoms with Gasteiger partial charge in [0.1, 0.15) is 0 Å². The number of hydrogen-bond donors (Lipinski definition) is 0. The Kier molecular flexibility index (Phi) is 6.62. The quantitative estimate of drug-likeness (QED) is 0.253. The molecule has 0 N–H and O–H groups in total. The average molecular weight is 493 g/mol. The molecule has 0 aliphatic carbocycles. The molecule has 8 heteroatoms. The van der Waals surface area contributed by atoms with E-state index in [1.165, 1.54) is 16.9 Å². The van der Waals surface area contributed by atoms with Gasteiger partial charge in [0.2, 0.25) is 0 Å². The monoisotopic (exact) mass is 492 g/mol. The number of thiazole rings is 1. The fourth-order valence-electron chi connectivity index (χ4n) is 3.72. The summed E-state index contributed by atoms with van der Waals surface area (Å²) in [6, 6.07) is 26.1. The van der Waals surface area contributed by atoms with Crippen LogP contribution in [0.2, 0.25) is 5.02 Å². The third-order valence-corrected chi connectivity index (χ3v) is 7.79. The van der Waals surface area contributed by atoms with Gasteiger partial charge in [-0.1, -0.05) is 95.4 Å². The Hall–Kier alpha value is -2.87. The van der Waals surface area contributed by atoms with E-state index < -0.39 is 0 Å². The Morgan fingerprint density at radius 2 is 1.64 bits per heavy atom. The topological polar surface area (TPSA) is 52.7 Å². The van der Waals surface area contributed by atoms with Gasteiger partial charge in [-0.05, 0) is 35.7 Å². The van der Waals surface area contributed by atoms with Gasteiger partial charge >= 0.3 is 4.87 Å². The van der Waals surface area contributed by atoms with Crippen molar-refractivity contribution in [2.24, 2.45) is 0 Å². The summed E-state index contributed by atoms with van der Waals surface area (Å²) in [6.45, 7) is 1.12. The van der Waals surface area contributed by atoms with Gasteiger partial charge in [-0.25, -0.2) is 0 Å². The number of rotatable bonds is 8. The van der Waals surface area contributed by atoms with Crippen molar-refractivity contribution in [2.45, 2.75) is 30.4 Å². The molecule has 2 heterocycles. The van der Waals surface area contributed by atoms with Gasteiger partial charge in [0.05, 0.1) is 16.8 Å². The fourth-order valence-corrected chi connectivity index (χ4v) is 5.88. The number of aromatic nitrogens is 4. The molecule has 33 heavy (non-hydrogen) atoms. The lowest BCUT2D eigenvalue weighted by molar-refractivity contribution is 0.586. The molecule has 0 fully saturated rings. The second kappa shape index (κ2) is 9.95. The van der Waals surface area contributed by atoms with Crippen molar-refractivity contribution in [3.05, 3.63) is 111 Å². The standard InChI is InChI=1S/C25H21ClN4OS2/c26-20-11-5-4-10-19(20)17-32-24-28-27-23(29(24)15-14-18-8-2-1-3-9-18)16-30-21-12-6-7-13-22(21)33-25(30)31/h1-13H,14-17H2. The smallest absolute Gasteiger partial charge is 0.304 e. The number of aryl methyl sites for hydroxylation is 1. The van der Waals surface area contributed by atoms with E-state index in [-0.39, 0.29) is 4.87 Å². The first-order valence-corrected chi connectivity index (χ1v) is 12.8. The Bertz CT molecular complexity index is 1440. The summed E-state index contributed by atoms with van der Waals surface area (Å²) in [5.74, 6) is 1.48. The highest BCUT2D eigenvalue weighted by molar-refractivity contribution is 7.98. The molecule has 0 saturated carbocycles. The van der Waals surface area contributed by atoms with Crippen LogP contribution in [0.25, 0.3) is 10.2 Å². The highest BCUT2D eigenvalue weighted by Crippen LogP contribution is 2.27. The first-order valence-electron chi connectivity index (χ1n) is 10.6. The molecule has 0 spiro atoms. The average Bonchev–Trinajstić information content (AvgIpc) is 3.38. The minimum absolute atomic E-state index is 0.0130. The van der Waals surface area contributed by atoms with E-state index in [0.717, 1.165) is 44.7 Å². The first-order chi connectivity index (χ1) is 16.2. The molecule has 5 rings (SSSR count). The Morgan fingerprint density at radius 3 is 2.48 bits per heavy atom. The SMILES string of the molecule is O=c1sc2ccccc2n1Cc1nnc(SCc2ccccc2Cl)n1CCc1ccccc1. The summed E-state index contributed by atoms with van der Waals surface area (Å²) in [4.78, 5) is 12.7. The summed E-state index contributed by atoms with van der Waals surface area (Å²) in [7, 11) is 0. The normalized spacial score (nSPS) is 11.3. The summed E-state index contributed by atoms with van der Waals surface area (Å²) in [5, 5.41) is 10.5. The molecule has 0 saturated heterocycles.